The van der Waals surface area contributed by atoms with Crippen LogP contribution in [0.2, 0.25) is 0 Å². The van der Waals surface area contributed by atoms with E-state index in [9.17, 15) is 0 Å². The minimum absolute atomic E-state index is 0.102. The molecule has 0 saturated carbocycles. The largest absolute Gasteiger partial charge is 0.309 e. The van der Waals surface area contributed by atoms with Crippen LogP contribution < -0.4 is 4.90 Å². The molecule has 59 heavy (non-hydrogen) atoms. The van der Waals surface area contributed by atoms with Crippen molar-refractivity contribution >= 4 is 27.8 Å². The monoisotopic (exact) mass is 755 g/mol. The third-order valence-corrected chi connectivity index (χ3v) is 13.3. The highest BCUT2D eigenvalue weighted by Gasteiger charge is 2.39. The number of rotatable bonds is 6. The molecule has 0 heterocycles. The standard InChI is InChI=1S/C58H45N/c1-57(2)50-29-17-26-47(55(50)54-43-22-9-8-20-39(43)34-37-51(54)57)46-24-12-15-31-53(46)59(52-30-14-11-21-42(52)38-18-6-5-7-19-38)41-35-32-40(33-36-41)44-25-16-27-48-45-23-10-13-28-49(45)58(3,4)56(44)48/h5-37H,1-4H3. The van der Waals surface area contributed by atoms with E-state index in [0.717, 1.165) is 17.1 Å². The van der Waals surface area contributed by atoms with Crippen LogP contribution in [0.1, 0.15) is 49.9 Å². The molecule has 0 N–H and O–H groups in total. The van der Waals surface area contributed by atoms with Gasteiger partial charge < -0.3 is 4.90 Å². The molecule has 0 spiro atoms. The summed E-state index contributed by atoms with van der Waals surface area (Å²) in [6, 6.07) is 74.2. The number of anilines is 3. The van der Waals surface area contributed by atoms with Crippen LogP contribution in [0, 0.1) is 0 Å². The molecule has 0 aliphatic heterocycles. The fourth-order valence-corrected chi connectivity index (χ4v) is 10.5. The third kappa shape index (κ3) is 5.31. The predicted octanol–water partition coefficient (Wildman–Crippen LogP) is 15.9. The van der Waals surface area contributed by atoms with Crippen LogP contribution in [0.3, 0.4) is 0 Å². The van der Waals surface area contributed by atoms with Gasteiger partial charge in [-0.15, -0.1) is 0 Å². The summed E-state index contributed by atoms with van der Waals surface area (Å²) < 4.78 is 0. The van der Waals surface area contributed by atoms with E-state index < -0.39 is 0 Å². The summed E-state index contributed by atoms with van der Waals surface area (Å²) in [5, 5.41) is 2.58. The molecule has 11 rings (SSSR count). The minimum atomic E-state index is -0.136. The summed E-state index contributed by atoms with van der Waals surface area (Å²) >= 11 is 0. The number of hydrogen-bond acceptors (Lipinski definition) is 1. The topological polar surface area (TPSA) is 3.24 Å². The van der Waals surface area contributed by atoms with Crippen molar-refractivity contribution in [1.82, 2.24) is 0 Å². The summed E-state index contributed by atoms with van der Waals surface area (Å²) in [6.45, 7) is 9.51. The second-order valence-electron chi connectivity index (χ2n) is 17.2. The average Bonchev–Trinajstić information content (AvgIpc) is 3.67. The molecule has 0 bridgehead atoms. The zero-order valence-corrected chi connectivity index (χ0v) is 34.0. The van der Waals surface area contributed by atoms with Crippen LogP contribution in [0.5, 0.6) is 0 Å². The lowest BCUT2D eigenvalue weighted by molar-refractivity contribution is 0.661. The van der Waals surface area contributed by atoms with E-state index in [4.69, 9.17) is 0 Å². The molecule has 0 atom stereocenters. The van der Waals surface area contributed by atoms with Gasteiger partial charge in [0.05, 0.1) is 11.4 Å². The lowest BCUT2D eigenvalue weighted by atomic mass is 9.79. The highest BCUT2D eigenvalue weighted by Crippen LogP contribution is 2.57. The first-order chi connectivity index (χ1) is 28.8. The highest BCUT2D eigenvalue weighted by atomic mass is 15.1. The summed E-state index contributed by atoms with van der Waals surface area (Å²) in [5.41, 5.74) is 21.4. The molecular weight excluding hydrogens is 711 g/mol. The number of para-hydroxylation sites is 2. The van der Waals surface area contributed by atoms with E-state index in [2.05, 4.69) is 233 Å². The SMILES string of the molecule is CC1(C)c2cccc(-c3ccccc3N(c3ccc(-c4cccc5c4C(C)(C)c4ccccc4-5)cc3)c3ccccc3-c3ccccc3)c2-c2c1ccc1ccccc21. The smallest absolute Gasteiger partial charge is 0.0540 e. The number of fused-ring (bicyclic) bond motifs is 8. The normalized spacial score (nSPS) is 14.0. The zero-order valence-electron chi connectivity index (χ0n) is 34.0. The van der Waals surface area contributed by atoms with Crippen LogP contribution >= 0.6 is 0 Å². The molecule has 9 aromatic rings. The Morgan fingerprint density at radius 2 is 0.864 bits per heavy atom. The van der Waals surface area contributed by atoms with Gasteiger partial charge in [-0.1, -0.05) is 204 Å². The van der Waals surface area contributed by atoms with Gasteiger partial charge in [-0.05, 0) is 102 Å². The Labute approximate surface area is 347 Å². The van der Waals surface area contributed by atoms with Crippen LogP contribution in [0.25, 0.3) is 66.4 Å². The van der Waals surface area contributed by atoms with Gasteiger partial charge in [0.25, 0.3) is 0 Å². The Balaban J connectivity index is 1.13. The molecule has 1 heteroatoms. The van der Waals surface area contributed by atoms with E-state index in [1.54, 1.807) is 0 Å². The van der Waals surface area contributed by atoms with Crippen molar-refractivity contribution < 1.29 is 0 Å². The maximum atomic E-state index is 2.49. The third-order valence-electron chi connectivity index (χ3n) is 13.3. The van der Waals surface area contributed by atoms with Gasteiger partial charge in [0, 0.05) is 27.6 Å². The molecule has 0 radical (unpaired) electrons. The summed E-state index contributed by atoms with van der Waals surface area (Å²) in [6.07, 6.45) is 0. The van der Waals surface area contributed by atoms with Gasteiger partial charge in [-0.2, -0.15) is 0 Å². The first-order valence-corrected chi connectivity index (χ1v) is 20.9. The fourth-order valence-electron chi connectivity index (χ4n) is 10.5. The Bertz CT molecular complexity index is 3090. The first kappa shape index (κ1) is 35.2. The molecule has 0 aromatic heterocycles. The van der Waals surface area contributed by atoms with Crippen molar-refractivity contribution in [2.45, 2.75) is 38.5 Å². The number of nitrogens with zero attached hydrogens (tertiary/aromatic N) is 1. The summed E-state index contributed by atoms with van der Waals surface area (Å²) in [4.78, 5) is 2.49. The Morgan fingerprint density at radius 3 is 1.66 bits per heavy atom. The van der Waals surface area contributed by atoms with E-state index >= 15 is 0 Å². The molecular formula is C58H45N. The molecule has 282 valence electrons. The van der Waals surface area contributed by atoms with Gasteiger partial charge in [0.1, 0.15) is 0 Å². The van der Waals surface area contributed by atoms with Gasteiger partial charge in [0.2, 0.25) is 0 Å². The van der Waals surface area contributed by atoms with Crippen LogP contribution in [0.4, 0.5) is 17.1 Å². The maximum Gasteiger partial charge on any atom is 0.0540 e. The number of benzene rings is 9. The van der Waals surface area contributed by atoms with Gasteiger partial charge in [-0.25, -0.2) is 0 Å². The van der Waals surface area contributed by atoms with Crippen LogP contribution in [-0.2, 0) is 10.8 Å². The molecule has 0 fully saturated rings. The van der Waals surface area contributed by atoms with Crippen LogP contribution in [-0.4, -0.2) is 0 Å². The Morgan fingerprint density at radius 1 is 0.322 bits per heavy atom. The lowest BCUT2D eigenvalue weighted by Crippen LogP contribution is -2.16. The fraction of sp³-hybridized carbons (Fsp3) is 0.103. The second kappa shape index (κ2) is 13.3. The Kier molecular flexibility index (Phi) is 7.94. The van der Waals surface area contributed by atoms with Crippen molar-refractivity contribution in [3.05, 3.63) is 222 Å². The second-order valence-corrected chi connectivity index (χ2v) is 17.2. The summed E-state index contributed by atoms with van der Waals surface area (Å²) in [5.74, 6) is 0. The average molecular weight is 756 g/mol. The van der Waals surface area contributed by atoms with Crippen molar-refractivity contribution in [3.8, 4) is 55.6 Å². The molecule has 0 saturated heterocycles. The van der Waals surface area contributed by atoms with Crippen molar-refractivity contribution in [3.63, 3.8) is 0 Å². The van der Waals surface area contributed by atoms with E-state index in [1.807, 2.05) is 0 Å². The van der Waals surface area contributed by atoms with Gasteiger partial charge >= 0.3 is 0 Å². The molecule has 2 aliphatic carbocycles. The van der Waals surface area contributed by atoms with Crippen molar-refractivity contribution in [2.75, 3.05) is 4.90 Å². The van der Waals surface area contributed by atoms with Gasteiger partial charge in [0.15, 0.2) is 0 Å². The van der Waals surface area contributed by atoms with Crippen molar-refractivity contribution in [1.29, 1.82) is 0 Å². The summed E-state index contributed by atoms with van der Waals surface area (Å²) in [7, 11) is 0. The molecule has 2 aliphatic rings. The molecule has 1 nitrogen and oxygen atoms in total. The minimum Gasteiger partial charge on any atom is -0.309 e. The van der Waals surface area contributed by atoms with E-state index in [0.29, 0.717) is 0 Å². The lowest BCUT2D eigenvalue weighted by Gasteiger charge is -2.31. The zero-order chi connectivity index (χ0) is 39.9. The maximum absolute atomic E-state index is 2.49. The highest BCUT2D eigenvalue weighted by molar-refractivity contribution is 6.08. The van der Waals surface area contributed by atoms with Crippen LogP contribution in [0.15, 0.2) is 200 Å². The molecule has 9 aromatic carbocycles. The van der Waals surface area contributed by atoms with Crippen molar-refractivity contribution in [2.24, 2.45) is 0 Å². The predicted molar refractivity (Wildman–Crippen MR) is 250 cm³/mol. The van der Waals surface area contributed by atoms with E-state index in [-0.39, 0.29) is 10.8 Å². The molecule has 0 unspecified atom stereocenters. The van der Waals surface area contributed by atoms with Gasteiger partial charge in [-0.3, -0.25) is 0 Å². The quantitative estimate of drug-likeness (QED) is 0.163. The Hall–Kier alpha value is -6.96. The first-order valence-electron chi connectivity index (χ1n) is 20.9. The number of hydrogen-bond donors (Lipinski definition) is 0. The van der Waals surface area contributed by atoms with E-state index in [1.165, 1.54) is 88.7 Å². The molecule has 0 amide bonds.